The predicted molar refractivity (Wildman–Crippen MR) is 136 cm³/mol. The summed E-state index contributed by atoms with van der Waals surface area (Å²) in [6.07, 6.45) is 12.2. The molecule has 4 aromatic rings. The van der Waals surface area contributed by atoms with E-state index >= 15 is 0 Å². The fourth-order valence-corrected chi connectivity index (χ4v) is 3.95. The van der Waals surface area contributed by atoms with Gasteiger partial charge in [0.15, 0.2) is 0 Å². The normalized spacial score (nSPS) is 15.5. The fourth-order valence-electron chi connectivity index (χ4n) is 3.95. The number of hydrogen-bond acceptors (Lipinski definition) is 5. The molecule has 5 rings (SSSR count). The number of nitrogens with zero attached hydrogens (tertiary/aromatic N) is 4. The summed E-state index contributed by atoms with van der Waals surface area (Å²) >= 11 is 0. The smallest absolute Gasteiger partial charge is 0.135 e. The lowest BCUT2D eigenvalue weighted by atomic mass is 9.99. The van der Waals surface area contributed by atoms with E-state index < -0.39 is 0 Å². The Labute approximate surface area is 194 Å². The van der Waals surface area contributed by atoms with E-state index in [-0.39, 0.29) is 0 Å². The molecule has 0 saturated heterocycles. The third kappa shape index (κ3) is 4.48. The van der Waals surface area contributed by atoms with Gasteiger partial charge in [-0.1, -0.05) is 30.3 Å². The molecule has 33 heavy (non-hydrogen) atoms. The van der Waals surface area contributed by atoms with Crippen molar-refractivity contribution in [1.29, 1.82) is 0 Å². The molecule has 164 valence electrons. The van der Waals surface area contributed by atoms with Gasteiger partial charge in [-0.25, -0.2) is 4.98 Å². The average molecular weight is 434 g/mol. The molecule has 1 aromatic carbocycles. The van der Waals surface area contributed by atoms with Crippen LogP contribution in [0.3, 0.4) is 0 Å². The van der Waals surface area contributed by atoms with Crippen LogP contribution in [0, 0.1) is 6.92 Å². The Morgan fingerprint density at radius 2 is 1.76 bits per heavy atom. The maximum absolute atomic E-state index is 4.66. The lowest BCUT2D eigenvalue weighted by Gasteiger charge is -2.25. The van der Waals surface area contributed by atoms with Gasteiger partial charge in [-0.15, -0.1) is 0 Å². The lowest BCUT2D eigenvalue weighted by molar-refractivity contribution is 0.404. The van der Waals surface area contributed by atoms with Gasteiger partial charge < -0.3 is 10.2 Å². The first-order valence-electron chi connectivity index (χ1n) is 11.2. The monoisotopic (exact) mass is 433 g/mol. The Balaban J connectivity index is 1.32. The first-order valence-corrected chi connectivity index (χ1v) is 11.2. The van der Waals surface area contributed by atoms with Crippen LogP contribution < -0.4 is 5.32 Å². The van der Waals surface area contributed by atoms with Gasteiger partial charge in [-0.3, -0.25) is 9.97 Å². The van der Waals surface area contributed by atoms with Crippen molar-refractivity contribution < 1.29 is 0 Å². The van der Waals surface area contributed by atoms with Crippen LogP contribution in [0.25, 0.3) is 27.6 Å². The number of nitrogens with one attached hydrogen (secondary N) is 1. The van der Waals surface area contributed by atoms with Crippen LogP contribution in [-0.2, 0) is 6.54 Å². The molecule has 0 amide bonds. The summed E-state index contributed by atoms with van der Waals surface area (Å²) in [4.78, 5) is 15.8. The molecule has 1 unspecified atom stereocenters. The van der Waals surface area contributed by atoms with Gasteiger partial charge in [0.2, 0.25) is 0 Å². The van der Waals surface area contributed by atoms with Crippen molar-refractivity contribution in [2.24, 2.45) is 0 Å². The zero-order valence-electron chi connectivity index (χ0n) is 19.2. The molecule has 0 spiro atoms. The third-order valence-corrected chi connectivity index (χ3v) is 6.16. The minimum atomic E-state index is 0.403. The van der Waals surface area contributed by atoms with E-state index in [1.807, 2.05) is 37.6 Å². The van der Waals surface area contributed by atoms with Gasteiger partial charge in [0.05, 0.1) is 5.69 Å². The highest BCUT2D eigenvalue weighted by atomic mass is 15.1. The second kappa shape index (κ2) is 8.87. The van der Waals surface area contributed by atoms with Gasteiger partial charge in [0, 0.05) is 54.9 Å². The second-order valence-electron chi connectivity index (χ2n) is 8.53. The average Bonchev–Trinajstić information content (AvgIpc) is 2.85. The van der Waals surface area contributed by atoms with Crippen LogP contribution in [0.2, 0.25) is 0 Å². The summed E-state index contributed by atoms with van der Waals surface area (Å²) < 4.78 is 0. The maximum Gasteiger partial charge on any atom is 0.135 e. The van der Waals surface area contributed by atoms with E-state index in [2.05, 4.69) is 93.9 Å². The van der Waals surface area contributed by atoms with E-state index in [0.29, 0.717) is 12.6 Å². The third-order valence-electron chi connectivity index (χ3n) is 6.16. The molecule has 0 bridgehead atoms. The highest BCUT2D eigenvalue weighted by Crippen LogP contribution is 2.26. The van der Waals surface area contributed by atoms with Crippen LogP contribution in [0.1, 0.15) is 23.7 Å². The van der Waals surface area contributed by atoms with E-state index in [0.717, 1.165) is 33.5 Å². The SMILES string of the molecule is Cc1ccc(-c2cc3ccnc(NCc4ccc(C5=CC(C)N(C)C=C5)cc4)c3cn2)cn1. The molecule has 1 atom stereocenters. The van der Waals surface area contributed by atoms with Crippen LogP contribution >= 0.6 is 0 Å². The summed E-state index contributed by atoms with van der Waals surface area (Å²) in [6, 6.07) is 17.3. The van der Waals surface area contributed by atoms with E-state index in [1.165, 1.54) is 16.7 Å². The number of benzene rings is 1. The van der Waals surface area contributed by atoms with E-state index in [4.69, 9.17) is 0 Å². The lowest BCUT2D eigenvalue weighted by Crippen LogP contribution is -2.23. The molecule has 5 nitrogen and oxygen atoms in total. The summed E-state index contributed by atoms with van der Waals surface area (Å²) in [5.41, 5.74) is 6.63. The molecular weight excluding hydrogens is 406 g/mol. The number of aryl methyl sites for hydroxylation is 1. The summed E-state index contributed by atoms with van der Waals surface area (Å²) in [5, 5.41) is 5.59. The van der Waals surface area contributed by atoms with Crippen molar-refractivity contribution >= 4 is 22.2 Å². The largest absolute Gasteiger partial charge is 0.374 e. The number of fused-ring (bicyclic) bond motifs is 1. The molecule has 1 aliphatic heterocycles. The van der Waals surface area contributed by atoms with Gasteiger partial charge in [0.25, 0.3) is 0 Å². The Morgan fingerprint density at radius 3 is 2.52 bits per heavy atom. The first-order chi connectivity index (χ1) is 16.1. The minimum absolute atomic E-state index is 0.403. The Bertz CT molecular complexity index is 1340. The van der Waals surface area contributed by atoms with Crippen molar-refractivity contribution in [2.75, 3.05) is 12.4 Å². The van der Waals surface area contributed by atoms with Gasteiger partial charge in [-0.05, 0) is 72.5 Å². The topological polar surface area (TPSA) is 53.9 Å². The van der Waals surface area contributed by atoms with E-state index in [1.54, 1.807) is 0 Å². The molecule has 1 N–H and O–H groups in total. The van der Waals surface area contributed by atoms with Crippen molar-refractivity contribution in [3.63, 3.8) is 0 Å². The number of pyridine rings is 3. The fraction of sp³-hybridized carbons (Fsp3) is 0.179. The van der Waals surface area contributed by atoms with Gasteiger partial charge in [-0.2, -0.15) is 0 Å². The number of allylic oxidation sites excluding steroid dienone is 2. The molecule has 3 aromatic heterocycles. The van der Waals surface area contributed by atoms with Crippen LogP contribution in [0.5, 0.6) is 0 Å². The Kier molecular flexibility index (Phi) is 5.61. The minimum Gasteiger partial charge on any atom is -0.374 e. The summed E-state index contributed by atoms with van der Waals surface area (Å²) in [6.45, 7) is 4.89. The van der Waals surface area contributed by atoms with Crippen molar-refractivity contribution in [3.05, 3.63) is 102 Å². The number of rotatable bonds is 5. The van der Waals surface area contributed by atoms with Crippen LogP contribution in [0.4, 0.5) is 5.82 Å². The number of aromatic nitrogens is 3. The molecular formula is C28H27N5. The van der Waals surface area contributed by atoms with E-state index in [9.17, 15) is 0 Å². The van der Waals surface area contributed by atoms with Crippen molar-refractivity contribution in [2.45, 2.75) is 26.4 Å². The number of anilines is 1. The standard InChI is InChI=1S/C28H27N5/c1-19-4-7-25(17-30-19)27-15-24-10-12-29-28(26(24)18-31-27)32-16-21-5-8-22(9-6-21)23-11-13-33(3)20(2)14-23/h4-15,17-18,20H,16H2,1-3H3,(H,29,32). The maximum atomic E-state index is 4.66. The molecule has 5 heteroatoms. The highest BCUT2D eigenvalue weighted by Gasteiger charge is 2.10. The molecule has 0 saturated carbocycles. The molecule has 0 radical (unpaired) electrons. The number of likely N-dealkylation sites (N-methyl/N-ethyl adjacent to an activating group) is 1. The zero-order chi connectivity index (χ0) is 22.8. The number of hydrogen-bond donors (Lipinski definition) is 1. The van der Waals surface area contributed by atoms with Gasteiger partial charge >= 0.3 is 0 Å². The second-order valence-corrected chi connectivity index (χ2v) is 8.53. The molecule has 4 heterocycles. The van der Waals surface area contributed by atoms with Crippen molar-refractivity contribution in [3.8, 4) is 11.3 Å². The van der Waals surface area contributed by atoms with Crippen LogP contribution in [0.15, 0.2) is 85.5 Å². The summed E-state index contributed by atoms with van der Waals surface area (Å²) in [7, 11) is 2.10. The first kappa shape index (κ1) is 20.9. The Hall–Kier alpha value is -3.99. The van der Waals surface area contributed by atoms with Crippen LogP contribution in [-0.4, -0.2) is 32.9 Å². The van der Waals surface area contributed by atoms with Gasteiger partial charge in [0.1, 0.15) is 5.82 Å². The van der Waals surface area contributed by atoms with Crippen molar-refractivity contribution in [1.82, 2.24) is 19.9 Å². The Morgan fingerprint density at radius 1 is 0.939 bits per heavy atom. The zero-order valence-corrected chi connectivity index (χ0v) is 19.2. The molecule has 1 aliphatic rings. The highest BCUT2D eigenvalue weighted by molar-refractivity contribution is 5.93. The quantitative estimate of drug-likeness (QED) is 0.428. The molecule has 0 fully saturated rings. The summed E-state index contributed by atoms with van der Waals surface area (Å²) in [5.74, 6) is 0.840. The molecule has 0 aliphatic carbocycles. The predicted octanol–water partition coefficient (Wildman–Crippen LogP) is 5.84.